The molecule has 1 spiro atoms. The number of nitrogens with zero attached hydrogens (tertiary/aromatic N) is 2. The zero-order valence-corrected chi connectivity index (χ0v) is 14.6. The van der Waals surface area contributed by atoms with Crippen LogP contribution >= 0.6 is 11.8 Å². The average molecular weight is 338 g/mol. The molecular formula is C17H26N2O3S. The molecule has 128 valence electrons. The van der Waals surface area contributed by atoms with Crippen LogP contribution in [0.5, 0.6) is 0 Å². The molecule has 1 atom stereocenters. The van der Waals surface area contributed by atoms with Crippen molar-refractivity contribution in [2.24, 2.45) is 5.92 Å². The number of likely N-dealkylation sites (tertiary alicyclic amines) is 1. The molecule has 0 amide bonds. The summed E-state index contributed by atoms with van der Waals surface area (Å²) in [4.78, 5) is 2.46. The van der Waals surface area contributed by atoms with Crippen LogP contribution < -0.4 is 0 Å². The van der Waals surface area contributed by atoms with Gasteiger partial charge in [0, 0.05) is 56.0 Å². The number of aryl methyl sites for hydroxylation is 1. The fourth-order valence-electron chi connectivity index (χ4n) is 3.92. The third kappa shape index (κ3) is 3.76. The monoisotopic (exact) mass is 338 g/mol. The molecule has 0 saturated carbocycles. The summed E-state index contributed by atoms with van der Waals surface area (Å²) in [6, 6.07) is 2.03. The fourth-order valence-corrected chi connectivity index (χ4v) is 5.52. The Kier molecular flexibility index (Phi) is 4.67. The van der Waals surface area contributed by atoms with Gasteiger partial charge in [-0.15, -0.1) is 11.8 Å². The molecule has 4 rings (SSSR count). The van der Waals surface area contributed by atoms with E-state index in [1.54, 1.807) is 0 Å². The van der Waals surface area contributed by atoms with Gasteiger partial charge in [-0.2, -0.15) is 0 Å². The molecule has 3 aliphatic heterocycles. The number of hydrogen-bond acceptors (Lipinski definition) is 6. The van der Waals surface area contributed by atoms with Gasteiger partial charge in [0.25, 0.3) is 0 Å². The maximum atomic E-state index is 6.21. The number of ether oxygens (including phenoxy) is 2. The van der Waals surface area contributed by atoms with Crippen molar-refractivity contribution in [3.05, 3.63) is 17.5 Å². The van der Waals surface area contributed by atoms with Gasteiger partial charge in [0.05, 0.1) is 11.8 Å². The van der Waals surface area contributed by atoms with Crippen molar-refractivity contribution < 1.29 is 14.0 Å². The van der Waals surface area contributed by atoms with Crippen molar-refractivity contribution in [1.29, 1.82) is 0 Å². The molecular weight excluding hydrogens is 312 g/mol. The Bertz CT molecular complexity index is 524. The molecule has 6 heteroatoms. The second-order valence-corrected chi connectivity index (χ2v) is 8.77. The first-order valence-corrected chi connectivity index (χ1v) is 9.67. The van der Waals surface area contributed by atoms with Gasteiger partial charge >= 0.3 is 0 Å². The van der Waals surface area contributed by atoms with E-state index < -0.39 is 0 Å². The van der Waals surface area contributed by atoms with Crippen molar-refractivity contribution in [2.75, 3.05) is 38.7 Å². The number of hydrogen-bond donors (Lipinski definition) is 0. The molecule has 3 saturated heterocycles. The van der Waals surface area contributed by atoms with E-state index >= 15 is 0 Å². The van der Waals surface area contributed by atoms with Gasteiger partial charge in [0.1, 0.15) is 5.76 Å². The summed E-state index contributed by atoms with van der Waals surface area (Å²) in [5.41, 5.74) is 1.05. The molecule has 1 aromatic rings. The maximum Gasteiger partial charge on any atom is 0.133 e. The molecule has 0 N–H and O–H groups in total. The summed E-state index contributed by atoms with van der Waals surface area (Å²) in [5.74, 6) is 2.76. The number of thioether (sulfide) groups is 1. The van der Waals surface area contributed by atoms with Crippen LogP contribution in [0.25, 0.3) is 0 Å². The average Bonchev–Trinajstić information content (AvgIpc) is 3.13. The van der Waals surface area contributed by atoms with Crippen LogP contribution in [0, 0.1) is 12.8 Å². The second-order valence-electron chi connectivity index (χ2n) is 7.28. The van der Waals surface area contributed by atoms with Gasteiger partial charge in [-0.3, -0.25) is 4.90 Å². The van der Waals surface area contributed by atoms with Crippen LogP contribution in [0.4, 0.5) is 0 Å². The van der Waals surface area contributed by atoms with Gasteiger partial charge in [-0.25, -0.2) is 0 Å². The van der Waals surface area contributed by atoms with Crippen LogP contribution in [0.2, 0.25) is 0 Å². The van der Waals surface area contributed by atoms with Crippen molar-refractivity contribution >= 4 is 11.8 Å². The van der Waals surface area contributed by atoms with Crippen molar-refractivity contribution in [1.82, 2.24) is 10.1 Å². The van der Waals surface area contributed by atoms with Crippen LogP contribution in [0.1, 0.15) is 30.7 Å². The Balaban J connectivity index is 1.19. The minimum atomic E-state index is 0.430. The van der Waals surface area contributed by atoms with Gasteiger partial charge in [0.2, 0.25) is 0 Å². The van der Waals surface area contributed by atoms with Gasteiger partial charge in [-0.05, 0) is 32.1 Å². The lowest BCUT2D eigenvalue weighted by Gasteiger charge is -2.47. The van der Waals surface area contributed by atoms with Gasteiger partial charge in [-0.1, -0.05) is 5.16 Å². The van der Waals surface area contributed by atoms with E-state index in [9.17, 15) is 0 Å². The van der Waals surface area contributed by atoms with E-state index in [0.717, 1.165) is 69.5 Å². The molecule has 23 heavy (non-hydrogen) atoms. The first kappa shape index (κ1) is 15.9. The Morgan fingerprint density at radius 2 is 2.22 bits per heavy atom. The third-order valence-electron chi connectivity index (χ3n) is 5.17. The Morgan fingerprint density at radius 1 is 1.39 bits per heavy atom. The molecule has 3 fully saturated rings. The van der Waals surface area contributed by atoms with Gasteiger partial charge < -0.3 is 14.0 Å². The molecule has 0 unspecified atom stereocenters. The summed E-state index contributed by atoms with van der Waals surface area (Å²) >= 11 is 2.11. The SMILES string of the molecule is Cc1cc(CN2CC3(C[C@H](OCC4CCOCC4)CS3)C2)no1. The topological polar surface area (TPSA) is 47.7 Å². The van der Waals surface area contributed by atoms with Crippen LogP contribution in [-0.2, 0) is 16.0 Å². The van der Waals surface area contributed by atoms with E-state index in [4.69, 9.17) is 14.0 Å². The third-order valence-corrected chi connectivity index (χ3v) is 6.75. The Morgan fingerprint density at radius 3 is 2.96 bits per heavy atom. The van der Waals surface area contributed by atoms with E-state index in [-0.39, 0.29) is 0 Å². The molecule has 4 heterocycles. The van der Waals surface area contributed by atoms with Gasteiger partial charge in [0.15, 0.2) is 0 Å². The predicted octanol–water partition coefficient (Wildman–Crippen LogP) is 2.49. The second kappa shape index (κ2) is 6.75. The molecule has 1 aromatic heterocycles. The lowest BCUT2D eigenvalue weighted by Crippen LogP contribution is -2.58. The highest BCUT2D eigenvalue weighted by Crippen LogP contribution is 2.46. The summed E-state index contributed by atoms with van der Waals surface area (Å²) < 4.78 is 17.2. The largest absolute Gasteiger partial charge is 0.381 e. The quantitative estimate of drug-likeness (QED) is 0.822. The maximum absolute atomic E-state index is 6.21. The summed E-state index contributed by atoms with van der Waals surface area (Å²) in [6.45, 7) is 7.91. The molecule has 0 radical (unpaired) electrons. The molecule has 0 aliphatic carbocycles. The first-order chi connectivity index (χ1) is 11.2. The summed E-state index contributed by atoms with van der Waals surface area (Å²) in [7, 11) is 0. The molecule has 5 nitrogen and oxygen atoms in total. The summed E-state index contributed by atoms with van der Waals surface area (Å²) in [6.07, 6.45) is 3.97. The minimum absolute atomic E-state index is 0.430. The van der Waals surface area contributed by atoms with Crippen LogP contribution in [0.15, 0.2) is 10.6 Å². The van der Waals surface area contributed by atoms with Crippen molar-refractivity contribution in [3.63, 3.8) is 0 Å². The van der Waals surface area contributed by atoms with E-state index in [0.29, 0.717) is 16.8 Å². The zero-order valence-electron chi connectivity index (χ0n) is 13.8. The number of aromatic nitrogens is 1. The van der Waals surface area contributed by atoms with Crippen LogP contribution in [0.3, 0.4) is 0 Å². The molecule has 3 aliphatic rings. The van der Waals surface area contributed by atoms with E-state index in [1.165, 1.54) is 6.42 Å². The normalized spacial score (nSPS) is 28.3. The predicted molar refractivity (Wildman–Crippen MR) is 89.6 cm³/mol. The lowest BCUT2D eigenvalue weighted by molar-refractivity contribution is -0.0134. The molecule has 0 aromatic carbocycles. The zero-order chi connectivity index (χ0) is 15.7. The minimum Gasteiger partial charge on any atom is -0.381 e. The van der Waals surface area contributed by atoms with E-state index in [2.05, 4.69) is 21.8 Å². The first-order valence-electron chi connectivity index (χ1n) is 8.69. The smallest absolute Gasteiger partial charge is 0.133 e. The van der Waals surface area contributed by atoms with Crippen molar-refractivity contribution in [2.45, 2.75) is 43.6 Å². The summed E-state index contributed by atoms with van der Waals surface area (Å²) in [5, 5.41) is 4.09. The highest BCUT2D eigenvalue weighted by atomic mass is 32.2. The van der Waals surface area contributed by atoms with Crippen molar-refractivity contribution in [3.8, 4) is 0 Å². The Hall–Kier alpha value is -0.560. The Labute approximate surface area is 142 Å². The lowest BCUT2D eigenvalue weighted by atomic mass is 9.92. The van der Waals surface area contributed by atoms with E-state index in [1.807, 2.05) is 13.0 Å². The molecule has 0 bridgehead atoms. The fraction of sp³-hybridized carbons (Fsp3) is 0.824. The van der Waals surface area contributed by atoms with Crippen LogP contribution in [-0.4, -0.2) is 59.6 Å². The standard InChI is InChI=1S/C17H26N2O3S/c1-13-6-15(18-22-13)8-19-11-17(12-19)7-16(10-23-17)21-9-14-2-4-20-5-3-14/h6,14,16H,2-5,7-12H2,1H3/t16-/m0/s1. The number of rotatable bonds is 5. The highest BCUT2D eigenvalue weighted by molar-refractivity contribution is 8.01. The highest BCUT2D eigenvalue weighted by Gasteiger charge is 2.49.